The van der Waals surface area contributed by atoms with Crippen LogP contribution in [0, 0.1) is 13.8 Å². The third-order valence-electron chi connectivity index (χ3n) is 2.24. The molecule has 2 aromatic rings. The predicted octanol–water partition coefficient (Wildman–Crippen LogP) is 2.32. The van der Waals surface area contributed by atoms with Gasteiger partial charge in [0.2, 0.25) is 5.88 Å². The van der Waals surface area contributed by atoms with Crippen molar-refractivity contribution in [2.45, 2.75) is 13.8 Å². The van der Waals surface area contributed by atoms with E-state index in [2.05, 4.69) is 20.3 Å². The first-order valence-corrected chi connectivity index (χ1v) is 5.32. The van der Waals surface area contributed by atoms with Crippen LogP contribution in [-0.2, 0) is 0 Å². The number of pyridine rings is 1. The van der Waals surface area contributed by atoms with Gasteiger partial charge in [0.1, 0.15) is 11.6 Å². The molecule has 2 rings (SSSR count). The number of nitrogens with one attached hydrogen (secondary N) is 1. The topological polar surface area (TPSA) is 59.9 Å². The van der Waals surface area contributed by atoms with E-state index in [1.54, 1.807) is 19.3 Å². The second kappa shape index (κ2) is 4.78. The van der Waals surface area contributed by atoms with E-state index in [0.717, 1.165) is 11.5 Å². The lowest BCUT2D eigenvalue weighted by atomic mass is 10.3. The highest BCUT2D eigenvalue weighted by Gasteiger charge is 2.05. The largest absolute Gasteiger partial charge is 0.437 e. The monoisotopic (exact) mass is 230 g/mol. The third-order valence-corrected chi connectivity index (χ3v) is 2.24. The maximum atomic E-state index is 5.68. The first-order valence-electron chi connectivity index (χ1n) is 5.32. The van der Waals surface area contributed by atoms with Gasteiger partial charge in [-0.15, -0.1) is 0 Å². The molecule has 5 heteroatoms. The van der Waals surface area contributed by atoms with Crippen LogP contribution in [-0.4, -0.2) is 22.0 Å². The van der Waals surface area contributed by atoms with E-state index >= 15 is 0 Å². The average Bonchev–Trinajstić information content (AvgIpc) is 2.31. The molecule has 17 heavy (non-hydrogen) atoms. The molecule has 0 aliphatic heterocycles. The lowest BCUT2D eigenvalue weighted by Gasteiger charge is -2.08. The minimum Gasteiger partial charge on any atom is -0.437 e. The number of ether oxygens (including phenoxy) is 1. The normalized spacial score (nSPS) is 10.1. The fraction of sp³-hybridized carbons (Fsp3) is 0.250. The van der Waals surface area contributed by atoms with Crippen LogP contribution in [0.3, 0.4) is 0 Å². The van der Waals surface area contributed by atoms with Gasteiger partial charge in [0.15, 0.2) is 5.75 Å². The number of rotatable bonds is 3. The molecule has 2 heterocycles. The zero-order valence-electron chi connectivity index (χ0n) is 10.1. The van der Waals surface area contributed by atoms with Gasteiger partial charge in [-0.2, -0.15) is 4.98 Å². The Hall–Kier alpha value is -2.17. The van der Waals surface area contributed by atoms with Gasteiger partial charge < -0.3 is 10.1 Å². The first-order chi connectivity index (χ1) is 8.19. The molecule has 0 atom stereocenters. The Morgan fingerprint density at radius 2 is 2.06 bits per heavy atom. The van der Waals surface area contributed by atoms with Crippen molar-refractivity contribution in [1.82, 2.24) is 15.0 Å². The van der Waals surface area contributed by atoms with Crippen molar-refractivity contribution in [3.63, 3.8) is 0 Å². The van der Waals surface area contributed by atoms with Gasteiger partial charge in [-0.1, -0.05) is 0 Å². The number of aryl methyl sites for hydroxylation is 2. The Balaban J connectivity index is 2.30. The highest BCUT2D eigenvalue weighted by molar-refractivity contribution is 5.39. The Bertz CT molecular complexity index is 528. The molecule has 0 saturated carbocycles. The van der Waals surface area contributed by atoms with Crippen molar-refractivity contribution in [2.75, 3.05) is 12.4 Å². The Labute approximate surface area is 99.9 Å². The molecule has 0 bridgehead atoms. The number of hydrogen-bond donors (Lipinski definition) is 1. The third kappa shape index (κ3) is 2.69. The molecule has 0 amide bonds. The van der Waals surface area contributed by atoms with E-state index in [-0.39, 0.29) is 0 Å². The van der Waals surface area contributed by atoms with E-state index in [1.807, 2.05) is 26.0 Å². The van der Waals surface area contributed by atoms with Gasteiger partial charge in [-0.05, 0) is 26.0 Å². The van der Waals surface area contributed by atoms with Crippen molar-refractivity contribution in [1.29, 1.82) is 0 Å². The lowest BCUT2D eigenvalue weighted by molar-refractivity contribution is 0.454. The van der Waals surface area contributed by atoms with Gasteiger partial charge in [0.05, 0.1) is 5.69 Å². The smallest absolute Gasteiger partial charge is 0.224 e. The predicted molar refractivity (Wildman–Crippen MR) is 65.4 cm³/mol. The van der Waals surface area contributed by atoms with Crippen LogP contribution in [0.2, 0.25) is 0 Å². The van der Waals surface area contributed by atoms with Gasteiger partial charge in [-0.25, -0.2) is 4.98 Å². The Kier molecular flexibility index (Phi) is 3.18. The molecule has 0 radical (unpaired) electrons. The Morgan fingerprint density at radius 1 is 1.24 bits per heavy atom. The zero-order chi connectivity index (χ0) is 12.3. The van der Waals surface area contributed by atoms with Crippen LogP contribution in [0.15, 0.2) is 24.4 Å². The van der Waals surface area contributed by atoms with E-state index in [4.69, 9.17) is 4.74 Å². The molecule has 0 spiro atoms. The minimum absolute atomic E-state index is 0.512. The molecule has 0 fully saturated rings. The highest BCUT2D eigenvalue weighted by atomic mass is 16.5. The molecular formula is C12H14N4O. The summed E-state index contributed by atoms with van der Waals surface area (Å²) in [7, 11) is 1.81. The summed E-state index contributed by atoms with van der Waals surface area (Å²) in [5.41, 5.74) is 0.828. The van der Waals surface area contributed by atoms with Crippen molar-refractivity contribution >= 4 is 5.82 Å². The Morgan fingerprint density at radius 3 is 2.76 bits per heavy atom. The lowest BCUT2D eigenvalue weighted by Crippen LogP contribution is -1.99. The average molecular weight is 230 g/mol. The number of aromatic nitrogens is 3. The summed E-state index contributed by atoms with van der Waals surface area (Å²) in [6, 6.07) is 5.44. The molecule has 1 N–H and O–H groups in total. The summed E-state index contributed by atoms with van der Waals surface area (Å²) in [6.07, 6.45) is 1.73. The zero-order valence-corrected chi connectivity index (χ0v) is 10.1. The molecule has 0 aliphatic carbocycles. The maximum Gasteiger partial charge on any atom is 0.224 e. The van der Waals surface area contributed by atoms with Crippen LogP contribution in [0.1, 0.15) is 11.5 Å². The first kappa shape index (κ1) is 11.3. The number of nitrogens with zero attached hydrogens (tertiary/aromatic N) is 3. The molecule has 0 saturated heterocycles. The SMILES string of the molecule is CNc1cc(Oc2cccnc2C)nc(C)n1. The minimum atomic E-state index is 0.512. The van der Waals surface area contributed by atoms with E-state index in [9.17, 15) is 0 Å². The number of hydrogen-bond acceptors (Lipinski definition) is 5. The summed E-state index contributed by atoms with van der Waals surface area (Å²) in [5, 5.41) is 2.96. The summed E-state index contributed by atoms with van der Waals surface area (Å²) in [6.45, 7) is 3.71. The van der Waals surface area contributed by atoms with Gasteiger partial charge in [0, 0.05) is 19.3 Å². The van der Waals surface area contributed by atoms with Crippen LogP contribution in [0.4, 0.5) is 5.82 Å². The molecule has 0 unspecified atom stereocenters. The summed E-state index contributed by atoms with van der Waals surface area (Å²) >= 11 is 0. The van der Waals surface area contributed by atoms with Gasteiger partial charge >= 0.3 is 0 Å². The molecule has 5 nitrogen and oxygen atoms in total. The van der Waals surface area contributed by atoms with Crippen LogP contribution in [0.25, 0.3) is 0 Å². The second-order valence-corrected chi connectivity index (χ2v) is 3.58. The fourth-order valence-electron chi connectivity index (χ4n) is 1.41. The maximum absolute atomic E-state index is 5.68. The fourth-order valence-corrected chi connectivity index (χ4v) is 1.41. The van der Waals surface area contributed by atoms with Crippen LogP contribution >= 0.6 is 0 Å². The standard InChI is InChI=1S/C12H14N4O/c1-8-10(5-4-6-14-8)17-12-7-11(13-3)15-9(2)16-12/h4-7H,1-3H3,(H,13,15,16). The van der Waals surface area contributed by atoms with Crippen molar-refractivity contribution in [3.8, 4) is 11.6 Å². The molecule has 88 valence electrons. The van der Waals surface area contributed by atoms with Crippen molar-refractivity contribution in [2.24, 2.45) is 0 Å². The molecule has 0 aromatic carbocycles. The quantitative estimate of drug-likeness (QED) is 0.876. The van der Waals surface area contributed by atoms with E-state index in [1.165, 1.54) is 0 Å². The van der Waals surface area contributed by atoms with Gasteiger partial charge in [-0.3, -0.25) is 4.98 Å². The highest BCUT2D eigenvalue weighted by Crippen LogP contribution is 2.23. The van der Waals surface area contributed by atoms with E-state index in [0.29, 0.717) is 17.5 Å². The van der Waals surface area contributed by atoms with Crippen LogP contribution < -0.4 is 10.1 Å². The van der Waals surface area contributed by atoms with E-state index < -0.39 is 0 Å². The molecule has 0 aliphatic rings. The van der Waals surface area contributed by atoms with Crippen molar-refractivity contribution in [3.05, 3.63) is 35.9 Å². The van der Waals surface area contributed by atoms with Crippen LogP contribution in [0.5, 0.6) is 11.6 Å². The summed E-state index contributed by atoms with van der Waals surface area (Å²) in [4.78, 5) is 12.6. The number of anilines is 1. The summed E-state index contributed by atoms with van der Waals surface area (Å²) < 4.78 is 5.68. The van der Waals surface area contributed by atoms with Crippen molar-refractivity contribution < 1.29 is 4.74 Å². The molecular weight excluding hydrogens is 216 g/mol. The summed E-state index contributed by atoms with van der Waals surface area (Å²) in [5.74, 6) is 2.60. The molecule has 2 aromatic heterocycles. The van der Waals surface area contributed by atoms with Gasteiger partial charge in [0.25, 0.3) is 0 Å². The second-order valence-electron chi connectivity index (χ2n) is 3.58.